The Kier molecular flexibility index (Phi) is 1.08. The van der Waals surface area contributed by atoms with E-state index in [4.69, 9.17) is 5.11 Å². The molecule has 0 bridgehead atoms. The number of piperidine rings is 1. The van der Waals surface area contributed by atoms with Crippen LogP contribution in [0.25, 0.3) is 0 Å². The monoisotopic (exact) mass is 127 g/mol. The summed E-state index contributed by atoms with van der Waals surface area (Å²) in [6, 6.07) is 1.39. The Balaban J connectivity index is 2.02. The van der Waals surface area contributed by atoms with Gasteiger partial charge in [0.15, 0.2) is 0 Å². The van der Waals surface area contributed by atoms with E-state index in [2.05, 4.69) is 11.8 Å². The van der Waals surface area contributed by atoms with Crippen molar-refractivity contribution in [1.29, 1.82) is 0 Å². The minimum atomic E-state index is 0.266. The summed E-state index contributed by atoms with van der Waals surface area (Å²) in [5.74, 6) is 0.937. The third kappa shape index (κ3) is 0.700. The van der Waals surface area contributed by atoms with Crippen molar-refractivity contribution in [3.05, 3.63) is 0 Å². The fraction of sp³-hybridized carbons (Fsp3) is 1.00. The highest BCUT2D eigenvalue weighted by molar-refractivity contribution is 5.03. The molecule has 0 aromatic carbocycles. The van der Waals surface area contributed by atoms with E-state index in [0.717, 1.165) is 12.0 Å². The topological polar surface area (TPSA) is 23.5 Å². The van der Waals surface area contributed by atoms with Crippen LogP contribution in [0.4, 0.5) is 0 Å². The molecule has 2 fully saturated rings. The Morgan fingerprint density at radius 1 is 1.56 bits per heavy atom. The van der Waals surface area contributed by atoms with E-state index in [-0.39, 0.29) is 6.73 Å². The molecule has 1 aliphatic carbocycles. The van der Waals surface area contributed by atoms with Crippen LogP contribution >= 0.6 is 0 Å². The number of hydrogen-bond donors (Lipinski definition) is 1. The van der Waals surface area contributed by atoms with E-state index in [1.54, 1.807) is 0 Å². The fourth-order valence-electron chi connectivity index (χ4n) is 2.04. The van der Waals surface area contributed by atoms with E-state index in [1.807, 2.05) is 0 Å². The standard InChI is InChI=1S/C7H13NO/c1-5-2-6-3-7(6)8(5)4-9/h5-7,9H,2-4H2,1H3/t5-,6?,7?/m1/s1. The van der Waals surface area contributed by atoms with Crippen molar-refractivity contribution in [2.45, 2.75) is 31.8 Å². The maximum Gasteiger partial charge on any atom is 0.0961 e. The zero-order valence-electron chi connectivity index (χ0n) is 5.75. The van der Waals surface area contributed by atoms with Crippen LogP contribution in [0.2, 0.25) is 0 Å². The quantitative estimate of drug-likeness (QED) is 0.551. The Morgan fingerprint density at radius 2 is 2.33 bits per heavy atom. The lowest BCUT2D eigenvalue weighted by Crippen LogP contribution is -2.31. The van der Waals surface area contributed by atoms with Gasteiger partial charge < -0.3 is 5.11 Å². The highest BCUT2D eigenvalue weighted by atomic mass is 16.3. The normalized spacial score (nSPS) is 49.3. The summed E-state index contributed by atoms with van der Waals surface area (Å²) in [6.45, 7) is 2.46. The fourth-order valence-corrected chi connectivity index (χ4v) is 2.04. The smallest absolute Gasteiger partial charge is 0.0961 e. The molecule has 2 aliphatic rings. The van der Waals surface area contributed by atoms with Crippen molar-refractivity contribution in [3.63, 3.8) is 0 Å². The van der Waals surface area contributed by atoms with Gasteiger partial charge in [0.1, 0.15) is 0 Å². The molecule has 2 nitrogen and oxygen atoms in total. The Labute approximate surface area is 55.5 Å². The average Bonchev–Trinajstić information content (AvgIpc) is 2.45. The summed E-state index contributed by atoms with van der Waals surface area (Å²) in [4.78, 5) is 2.20. The van der Waals surface area contributed by atoms with E-state index in [1.165, 1.54) is 12.8 Å². The van der Waals surface area contributed by atoms with Crippen molar-refractivity contribution >= 4 is 0 Å². The Hall–Kier alpha value is -0.0800. The van der Waals surface area contributed by atoms with Crippen LogP contribution in [0.3, 0.4) is 0 Å². The van der Waals surface area contributed by atoms with Crippen LogP contribution in [-0.2, 0) is 0 Å². The second-order valence-corrected chi connectivity index (χ2v) is 3.30. The van der Waals surface area contributed by atoms with Crippen LogP contribution in [0.15, 0.2) is 0 Å². The number of rotatable bonds is 1. The van der Waals surface area contributed by atoms with E-state index < -0.39 is 0 Å². The molecule has 1 heterocycles. The lowest BCUT2D eigenvalue weighted by molar-refractivity contribution is 0.0843. The molecule has 2 rings (SSSR count). The number of nitrogens with zero attached hydrogens (tertiary/aromatic N) is 1. The van der Waals surface area contributed by atoms with E-state index in [0.29, 0.717) is 6.04 Å². The molecule has 2 unspecified atom stereocenters. The van der Waals surface area contributed by atoms with Crippen molar-refractivity contribution in [1.82, 2.24) is 4.90 Å². The summed E-state index contributed by atoms with van der Waals surface area (Å²) >= 11 is 0. The van der Waals surface area contributed by atoms with Crippen molar-refractivity contribution in [2.75, 3.05) is 6.73 Å². The largest absolute Gasteiger partial charge is 0.381 e. The first-order valence-corrected chi connectivity index (χ1v) is 3.69. The molecule has 2 heteroatoms. The van der Waals surface area contributed by atoms with Crippen LogP contribution in [0.1, 0.15) is 19.8 Å². The molecule has 0 amide bonds. The molecule has 3 atom stereocenters. The minimum absolute atomic E-state index is 0.266. The SMILES string of the molecule is C[C@@H]1CC2CC2N1CO. The number of aliphatic hydroxyl groups excluding tert-OH is 1. The summed E-state index contributed by atoms with van der Waals surface area (Å²) < 4.78 is 0. The summed E-state index contributed by atoms with van der Waals surface area (Å²) in [6.07, 6.45) is 2.65. The number of fused-ring (bicyclic) bond motifs is 1. The molecular formula is C7H13NO. The highest BCUT2D eigenvalue weighted by Gasteiger charge is 2.49. The Bertz CT molecular complexity index is 124. The molecule has 1 saturated heterocycles. The Morgan fingerprint density at radius 3 is 2.67 bits per heavy atom. The third-order valence-corrected chi connectivity index (χ3v) is 2.68. The summed E-state index contributed by atoms with van der Waals surface area (Å²) in [7, 11) is 0. The van der Waals surface area contributed by atoms with Gasteiger partial charge in [0.05, 0.1) is 6.73 Å². The molecule has 1 N–H and O–H groups in total. The van der Waals surface area contributed by atoms with Gasteiger partial charge >= 0.3 is 0 Å². The predicted octanol–water partition coefficient (Wildman–Crippen LogP) is 0.419. The molecule has 0 spiro atoms. The van der Waals surface area contributed by atoms with Gasteiger partial charge in [0, 0.05) is 12.1 Å². The zero-order valence-corrected chi connectivity index (χ0v) is 5.75. The second-order valence-electron chi connectivity index (χ2n) is 3.30. The van der Waals surface area contributed by atoms with Crippen molar-refractivity contribution in [2.24, 2.45) is 5.92 Å². The molecule has 0 aromatic heterocycles. The molecular weight excluding hydrogens is 114 g/mol. The molecule has 0 radical (unpaired) electrons. The first-order valence-electron chi connectivity index (χ1n) is 3.69. The molecule has 1 aliphatic heterocycles. The first-order chi connectivity index (χ1) is 4.33. The van der Waals surface area contributed by atoms with Crippen LogP contribution < -0.4 is 0 Å². The second kappa shape index (κ2) is 1.70. The number of hydrogen-bond acceptors (Lipinski definition) is 2. The first kappa shape index (κ1) is 5.69. The van der Waals surface area contributed by atoms with Gasteiger partial charge in [-0.05, 0) is 25.7 Å². The average molecular weight is 127 g/mol. The van der Waals surface area contributed by atoms with E-state index >= 15 is 0 Å². The highest BCUT2D eigenvalue weighted by Crippen LogP contribution is 2.46. The molecule has 9 heavy (non-hydrogen) atoms. The van der Waals surface area contributed by atoms with E-state index in [9.17, 15) is 0 Å². The zero-order chi connectivity index (χ0) is 6.43. The minimum Gasteiger partial charge on any atom is -0.381 e. The van der Waals surface area contributed by atoms with Gasteiger partial charge in [-0.15, -0.1) is 0 Å². The van der Waals surface area contributed by atoms with Crippen molar-refractivity contribution in [3.8, 4) is 0 Å². The van der Waals surface area contributed by atoms with Gasteiger partial charge in [-0.3, -0.25) is 4.90 Å². The van der Waals surface area contributed by atoms with Gasteiger partial charge in [-0.25, -0.2) is 0 Å². The lowest BCUT2D eigenvalue weighted by Gasteiger charge is -2.20. The van der Waals surface area contributed by atoms with Gasteiger partial charge in [-0.2, -0.15) is 0 Å². The van der Waals surface area contributed by atoms with Crippen LogP contribution in [0.5, 0.6) is 0 Å². The van der Waals surface area contributed by atoms with Gasteiger partial charge in [0.25, 0.3) is 0 Å². The number of aliphatic hydroxyl groups is 1. The molecule has 0 aromatic rings. The maximum absolute atomic E-state index is 8.86. The maximum atomic E-state index is 8.86. The van der Waals surface area contributed by atoms with Gasteiger partial charge in [0.2, 0.25) is 0 Å². The molecule has 1 saturated carbocycles. The lowest BCUT2D eigenvalue weighted by atomic mass is 10.2. The summed E-state index contributed by atoms with van der Waals surface area (Å²) in [5.41, 5.74) is 0. The molecule has 52 valence electrons. The summed E-state index contributed by atoms with van der Waals surface area (Å²) in [5, 5.41) is 8.86. The predicted molar refractivity (Wildman–Crippen MR) is 34.9 cm³/mol. The van der Waals surface area contributed by atoms with Gasteiger partial charge in [-0.1, -0.05) is 0 Å². The van der Waals surface area contributed by atoms with Crippen molar-refractivity contribution < 1.29 is 5.11 Å². The van der Waals surface area contributed by atoms with Crippen LogP contribution in [0, 0.1) is 5.92 Å². The number of likely N-dealkylation sites (tertiary alicyclic amines) is 1. The van der Waals surface area contributed by atoms with Crippen LogP contribution in [-0.4, -0.2) is 28.8 Å². The third-order valence-electron chi connectivity index (χ3n) is 2.68.